The average Bonchev–Trinajstić information content (AvgIpc) is 3.29. The molecule has 0 radical (unpaired) electrons. The summed E-state index contributed by atoms with van der Waals surface area (Å²) >= 11 is 0. The average molecular weight is 416 g/mol. The minimum Gasteiger partial charge on any atom is -0.454 e. The minimum absolute atomic E-state index is 0. The zero-order chi connectivity index (χ0) is 16.7. The number of hydrogen-bond acceptors (Lipinski definition) is 5. The van der Waals surface area contributed by atoms with Crippen LogP contribution in [-0.4, -0.2) is 57.0 Å². The molecular formula is C20H31Cl2N3O2. The molecule has 4 heterocycles. The third-order valence-corrected chi connectivity index (χ3v) is 6.73. The van der Waals surface area contributed by atoms with Crippen LogP contribution in [0.25, 0.3) is 0 Å². The van der Waals surface area contributed by atoms with Crippen LogP contribution in [0.15, 0.2) is 18.2 Å². The van der Waals surface area contributed by atoms with Crippen molar-refractivity contribution in [2.45, 2.75) is 38.1 Å². The molecule has 1 aromatic carbocycles. The van der Waals surface area contributed by atoms with Crippen LogP contribution in [0.2, 0.25) is 0 Å². The number of anilines is 1. The van der Waals surface area contributed by atoms with Gasteiger partial charge in [-0.3, -0.25) is 4.90 Å². The lowest BCUT2D eigenvalue weighted by Gasteiger charge is -2.39. The number of nitrogens with one attached hydrogen (secondary N) is 1. The highest BCUT2D eigenvalue weighted by molar-refractivity contribution is 5.85. The molecule has 1 spiro atoms. The van der Waals surface area contributed by atoms with E-state index in [0.29, 0.717) is 12.2 Å². The summed E-state index contributed by atoms with van der Waals surface area (Å²) in [6.45, 7) is 7.71. The van der Waals surface area contributed by atoms with Gasteiger partial charge in [0, 0.05) is 44.0 Å². The third-order valence-electron chi connectivity index (χ3n) is 6.73. The fourth-order valence-corrected chi connectivity index (χ4v) is 5.23. The Hall–Kier alpha value is -0.880. The fourth-order valence-electron chi connectivity index (χ4n) is 5.23. The van der Waals surface area contributed by atoms with Gasteiger partial charge < -0.3 is 19.7 Å². The Balaban J connectivity index is 0.00000105. The molecule has 1 N–H and O–H groups in total. The first-order chi connectivity index (χ1) is 12.3. The maximum absolute atomic E-state index is 5.53. The summed E-state index contributed by atoms with van der Waals surface area (Å²) in [5.74, 6) is 1.77. The van der Waals surface area contributed by atoms with Gasteiger partial charge in [-0.2, -0.15) is 0 Å². The summed E-state index contributed by atoms with van der Waals surface area (Å²) in [5.41, 5.74) is 1.85. The molecule has 3 saturated heterocycles. The van der Waals surface area contributed by atoms with Crippen LogP contribution in [0.1, 0.15) is 32.1 Å². The van der Waals surface area contributed by atoms with Gasteiger partial charge in [-0.1, -0.05) is 0 Å². The lowest BCUT2D eigenvalue weighted by atomic mass is 9.80. The molecule has 1 unspecified atom stereocenters. The number of ether oxygens (including phenoxy) is 2. The van der Waals surface area contributed by atoms with Crippen molar-refractivity contribution in [1.29, 1.82) is 0 Å². The van der Waals surface area contributed by atoms with Gasteiger partial charge in [-0.15, -0.1) is 24.8 Å². The van der Waals surface area contributed by atoms with Crippen molar-refractivity contribution in [3.63, 3.8) is 0 Å². The second-order valence-electron chi connectivity index (χ2n) is 8.26. The van der Waals surface area contributed by atoms with Gasteiger partial charge in [0.1, 0.15) is 0 Å². The van der Waals surface area contributed by atoms with Crippen LogP contribution in [-0.2, 0) is 0 Å². The number of hydrogen-bond donors (Lipinski definition) is 1. The van der Waals surface area contributed by atoms with Crippen molar-refractivity contribution in [2.75, 3.05) is 51.0 Å². The van der Waals surface area contributed by atoms with Crippen molar-refractivity contribution in [3.05, 3.63) is 18.2 Å². The molecule has 5 rings (SSSR count). The van der Waals surface area contributed by atoms with E-state index < -0.39 is 0 Å². The Morgan fingerprint density at radius 2 is 1.81 bits per heavy atom. The van der Waals surface area contributed by atoms with Crippen molar-refractivity contribution < 1.29 is 9.47 Å². The lowest BCUT2D eigenvalue weighted by Crippen LogP contribution is -2.47. The predicted octanol–water partition coefficient (Wildman–Crippen LogP) is 3.30. The Morgan fingerprint density at radius 1 is 1.00 bits per heavy atom. The second-order valence-corrected chi connectivity index (χ2v) is 8.26. The van der Waals surface area contributed by atoms with Crippen LogP contribution < -0.4 is 19.7 Å². The van der Waals surface area contributed by atoms with Crippen LogP contribution in [0.5, 0.6) is 11.5 Å². The second kappa shape index (κ2) is 8.64. The van der Waals surface area contributed by atoms with Crippen LogP contribution in [0, 0.1) is 5.41 Å². The van der Waals surface area contributed by atoms with E-state index in [2.05, 4.69) is 27.2 Å². The highest BCUT2D eigenvalue weighted by Crippen LogP contribution is 2.39. The molecule has 1 aromatic rings. The lowest BCUT2D eigenvalue weighted by molar-refractivity contribution is 0.157. The normalized spacial score (nSPS) is 28.1. The standard InChI is InChI=1S/C20H29N3O2.2ClH/c1-6-20(13-21-8-1)7-11-23(14-20)16-4-9-22(10-5-16)17-2-3-18-19(12-17)25-15-24-18;;/h2-3,12,16,21H,1,4-11,13-15H2;2*1H. The summed E-state index contributed by atoms with van der Waals surface area (Å²) < 4.78 is 11.0. The molecule has 0 saturated carbocycles. The molecule has 4 aliphatic rings. The van der Waals surface area contributed by atoms with Gasteiger partial charge in [-0.25, -0.2) is 0 Å². The van der Waals surface area contributed by atoms with Crippen LogP contribution in [0.4, 0.5) is 5.69 Å². The smallest absolute Gasteiger partial charge is 0.231 e. The van der Waals surface area contributed by atoms with E-state index in [4.69, 9.17) is 9.47 Å². The summed E-state index contributed by atoms with van der Waals surface area (Å²) in [6.07, 6.45) is 6.72. The number of halogens is 2. The topological polar surface area (TPSA) is 37.0 Å². The Bertz CT molecular complexity index is 632. The Morgan fingerprint density at radius 3 is 2.59 bits per heavy atom. The van der Waals surface area contributed by atoms with Crippen molar-refractivity contribution in [2.24, 2.45) is 5.41 Å². The van der Waals surface area contributed by atoms with E-state index in [-0.39, 0.29) is 24.8 Å². The first-order valence-electron chi connectivity index (χ1n) is 9.91. The molecular weight excluding hydrogens is 385 g/mol. The number of likely N-dealkylation sites (tertiary alicyclic amines) is 1. The molecule has 0 aliphatic carbocycles. The molecule has 0 amide bonds. The third kappa shape index (κ3) is 4.12. The van der Waals surface area contributed by atoms with Crippen LogP contribution in [0.3, 0.4) is 0 Å². The summed E-state index contributed by atoms with van der Waals surface area (Å²) in [5, 5.41) is 3.63. The highest BCUT2D eigenvalue weighted by Gasteiger charge is 2.41. The Labute approximate surface area is 174 Å². The minimum atomic E-state index is 0. The largest absolute Gasteiger partial charge is 0.454 e. The maximum atomic E-state index is 5.53. The zero-order valence-electron chi connectivity index (χ0n) is 15.8. The number of rotatable bonds is 2. The summed E-state index contributed by atoms with van der Waals surface area (Å²) in [6, 6.07) is 7.13. The van der Waals surface area contributed by atoms with E-state index in [0.717, 1.165) is 30.6 Å². The molecule has 3 fully saturated rings. The molecule has 152 valence electrons. The SMILES string of the molecule is Cl.Cl.c1cc2c(cc1N1CCC(N3CCC4(CCCNC4)C3)CC1)OCO2. The number of piperidine rings is 2. The summed E-state index contributed by atoms with van der Waals surface area (Å²) in [4.78, 5) is 5.30. The molecule has 4 aliphatic heterocycles. The van der Waals surface area contributed by atoms with Crippen LogP contribution >= 0.6 is 24.8 Å². The molecule has 0 aromatic heterocycles. The predicted molar refractivity (Wildman–Crippen MR) is 113 cm³/mol. The number of fused-ring (bicyclic) bond motifs is 1. The first-order valence-corrected chi connectivity index (χ1v) is 9.91. The van der Waals surface area contributed by atoms with Gasteiger partial charge in [0.05, 0.1) is 0 Å². The molecule has 27 heavy (non-hydrogen) atoms. The van der Waals surface area contributed by atoms with Crippen molar-refractivity contribution in [1.82, 2.24) is 10.2 Å². The quantitative estimate of drug-likeness (QED) is 0.801. The first kappa shape index (κ1) is 20.8. The van der Waals surface area contributed by atoms with Gasteiger partial charge in [0.15, 0.2) is 11.5 Å². The van der Waals surface area contributed by atoms with Crippen molar-refractivity contribution >= 4 is 30.5 Å². The number of benzene rings is 1. The van der Waals surface area contributed by atoms with Gasteiger partial charge in [0.2, 0.25) is 6.79 Å². The summed E-state index contributed by atoms with van der Waals surface area (Å²) in [7, 11) is 0. The maximum Gasteiger partial charge on any atom is 0.231 e. The van der Waals surface area contributed by atoms with E-state index in [1.54, 1.807) is 0 Å². The number of nitrogens with zero attached hydrogens (tertiary/aromatic N) is 2. The molecule has 7 heteroatoms. The highest BCUT2D eigenvalue weighted by atomic mass is 35.5. The zero-order valence-corrected chi connectivity index (χ0v) is 17.5. The van der Waals surface area contributed by atoms with Gasteiger partial charge in [-0.05, 0) is 62.7 Å². The fraction of sp³-hybridized carbons (Fsp3) is 0.700. The molecule has 5 nitrogen and oxygen atoms in total. The van der Waals surface area contributed by atoms with Crippen molar-refractivity contribution in [3.8, 4) is 11.5 Å². The van der Waals surface area contributed by atoms with E-state index in [9.17, 15) is 0 Å². The molecule has 0 bridgehead atoms. The monoisotopic (exact) mass is 415 g/mol. The molecule has 1 atom stereocenters. The van der Waals surface area contributed by atoms with Gasteiger partial charge in [0.25, 0.3) is 0 Å². The van der Waals surface area contributed by atoms with E-state index in [1.807, 2.05) is 6.07 Å². The Kier molecular flexibility index (Phi) is 6.67. The van der Waals surface area contributed by atoms with E-state index in [1.165, 1.54) is 64.0 Å². The van der Waals surface area contributed by atoms with E-state index >= 15 is 0 Å². The van der Waals surface area contributed by atoms with Gasteiger partial charge >= 0.3 is 0 Å².